The van der Waals surface area contributed by atoms with Gasteiger partial charge in [0.1, 0.15) is 5.82 Å². The van der Waals surface area contributed by atoms with Crippen molar-refractivity contribution in [2.75, 3.05) is 13.1 Å². The monoisotopic (exact) mass is 371 g/mol. The summed E-state index contributed by atoms with van der Waals surface area (Å²) in [5.74, 6) is -0.208. The topological polar surface area (TPSA) is 75.4 Å². The number of amides is 2. The van der Waals surface area contributed by atoms with Gasteiger partial charge in [0.25, 0.3) is 0 Å². The van der Waals surface area contributed by atoms with Gasteiger partial charge < -0.3 is 16.0 Å². The lowest BCUT2D eigenvalue weighted by Gasteiger charge is -2.24. The predicted octanol–water partition coefficient (Wildman–Crippen LogP) is 2.09. The van der Waals surface area contributed by atoms with Gasteiger partial charge in [-0.25, -0.2) is 4.39 Å². The molecule has 1 aliphatic rings. The molecule has 2 amide bonds. The molecule has 0 aliphatic heterocycles. The number of nitrogens with two attached hydrogens (primary N) is 1. The molecule has 1 aromatic carbocycles. The van der Waals surface area contributed by atoms with Crippen LogP contribution in [0.4, 0.5) is 4.39 Å². The van der Waals surface area contributed by atoms with Gasteiger partial charge in [0, 0.05) is 13.1 Å². The predicted molar refractivity (Wildman–Crippen MR) is 97.6 cm³/mol. The summed E-state index contributed by atoms with van der Waals surface area (Å²) in [4.78, 5) is 26.1. The SMILES string of the molecule is CC(C)[C@H](N)C(=O)NCC(=O)N(Cc1ccc(F)cc1)CC1CC1.Cl. The Morgan fingerprint density at radius 3 is 2.40 bits per heavy atom. The summed E-state index contributed by atoms with van der Waals surface area (Å²) in [6, 6.07) is 5.51. The van der Waals surface area contributed by atoms with Crippen LogP contribution in [-0.4, -0.2) is 35.8 Å². The molecule has 0 aromatic heterocycles. The second-order valence-corrected chi connectivity index (χ2v) is 6.83. The van der Waals surface area contributed by atoms with Gasteiger partial charge in [0.15, 0.2) is 0 Å². The molecule has 25 heavy (non-hydrogen) atoms. The van der Waals surface area contributed by atoms with Gasteiger partial charge in [-0.3, -0.25) is 9.59 Å². The zero-order valence-electron chi connectivity index (χ0n) is 14.7. The van der Waals surface area contributed by atoms with Gasteiger partial charge in [0.05, 0.1) is 12.6 Å². The highest BCUT2D eigenvalue weighted by Crippen LogP contribution is 2.30. The molecular formula is C18H27ClFN3O2. The van der Waals surface area contributed by atoms with Crippen molar-refractivity contribution in [3.05, 3.63) is 35.6 Å². The Morgan fingerprint density at radius 1 is 1.28 bits per heavy atom. The van der Waals surface area contributed by atoms with Gasteiger partial charge in [-0.1, -0.05) is 26.0 Å². The number of rotatable bonds is 8. The number of halogens is 2. The largest absolute Gasteiger partial charge is 0.346 e. The van der Waals surface area contributed by atoms with E-state index >= 15 is 0 Å². The molecule has 1 atom stereocenters. The summed E-state index contributed by atoms with van der Waals surface area (Å²) in [6.07, 6.45) is 2.25. The number of carbonyl (C=O) groups is 2. The van der Waals surface area contributed by atoms with Crippen LogP contribution in [-0.2, 0) is 16.1 Å². The Morgan fingerprint density at radius 2 is 1.88 bits per heavy atom. The first-order valence-corrected chi connectivity index (χ1v) is 8.42. The lowest BCUT2D eigenvalue weighted by Crippen LogP contribution is -2.48. The highest BCUT2D eigenvalue weighted by atomic mass is 35.5. The minimum absolute atomic E-state index is 0. The van der Waals surface area contributed by atoms with E-state index in [9.17, 15) is 14.0 Å². The maximum Gasteiger partial charge on any atom is 0.242 e. The fraction of sp³-hybridized carbons (Fsp3) is 0.556. The van der Waals surface area contributed by atoms with Crippen LogP contribution in [0.1, 0.15) is 32.3 Å². The van der Waals surface area contributed by atoms with Crippen molar-refractivity contribution in [3.8, 4) is 0 Å². The molecule has 2 rings (SSSR count). The third kappa shape index (κ3) is 7.00. The molecule has 0 heterocycles. The molecule has 1 saturated carbocycles. The molecule has 0 saturated heterocycles. The zero-order valence-corrected chi connectivity index (χ0v) is 15.5. The van der Waals surface area contributed by atoms with Gasteiger partial charge in [-0.2, -0.15) is 0 Å². The van der Waals surface area contributed by atoms with E-state index in [0.29, 0.717) is 19.0 Å². The molecule has 1 fully saturated rings. The Labute approximate surface area is 154 Å². The average Bonchev–Trinajstić information content (AvgIpc) is 3.36. The minimum Gasteiger partial charge on any atom is -0.346 e. The fourth-order valence-corrected chi connectivity index (χ4v) is 2.37. The van der Waals surface area contributed by atoms with Crippen molar-refractivity contribution in [2.24, 2.45) is 17.6 Å². The van der Waals surface area contributed by atoms with Crippen molar-refractivity contribution in [3.63, 3.8) is 0 Å². The van der Waals surface area contributed by atoms with Crippen LogP contribution in [0.25, 0.3) is 0 Å². The number of benzene rings is 1. The molecule has 1 aliphatic carbocycles. The molecule has 0 bridgehead atoms. The van der Waals surface area contributed by atoms with Crippen LogP contribution < -0.4 is 11.1 Å². The molecule has 140 valence electrons. The molecule has 5 nitrogen and oxygen atoms in total. The van der Waals surface area contributed by atoms with Crippen molar-refractivity contribution in [1.29, 1.82) is 0 Å². The van der Waals surface area contributed by atoms with Crippen LogP contribution in [0.2, 0.25) is 0 Å². The first kappa shape index (κ1) is 21.4. The third-order valence-corrected chi connectivity index (χ3v) is 4.25. The van der Waals surface area contributed by atoms with Gasteiger partial charge in [-0.15, -0.1) is 12.4 Å². The molecule has 1 aromatic rings. The van der Waals surface area contributed by atoms with E-state index in [0.717, 1.165) is 18.4 Å². The van der Waals surface area contributed by atoms with Crippen LogP contribution in [0.15, 0.2) is 24.3 Å². The van der Waals surface area contributed by atoms with Crippen LogP contribution in [0.5, 0.6) is 0 Å². The van der Waals surface area contributed by atoms with Crippen LogP contribution in [0.3, 0.4) is 0 Å². The van der Waals surface area contributed by atoms with Crippen molar-refractivity contribution >= 4 is 24.2 Å². The first-order valence-electron chi connectivity index (χ1n) is 8.42. The lowest BCUT2D eigenvalue weighted by atomic mass is 10.1. The standard InChI is InChI=1S/C18H26FN3O2.ClH/c1-12(2)17(20)18(24)21-9-16(23)22(10-13-3-4-13)11-14-5-7-15(19)8-6-14;/h5-8,12-13,17H,3-4,9-11,20H2,1-2H3,(H,21,24);1H/t17-;/m0./s1. The van der Waals surface area contributed by atoms with E-state index in [2.05, 4.69) is 5.32 Å². The molecule has 0 spiro atoms. The molecule has 3 N–H and O–H groups in total. The normalized spacial score (nSPS) is 14.6. The van der Waals surface area contributed by atoms with Crippen molar-refractivity contribution < 1.29 is 14.0 Å². The Hall–Kier alpha value is -1.66. The summed E-state index contributed by atoms with van der Waals surface area (Å²) < 4.78 is 13.0. The van der Waals surface area contributed by atoms with Gasteiger partial charge in [0.2, 0.25) is 11.8 Å². The maximum atomic E-state index is 13.0. The van der Waals surface area contributed by atoms with Gasteiger partial charge >= 0.3 is 0 Å². The second-order valence-electron chi connectivity index (χ2n) is 6.83. The van der Waals surface area contributed by atoms with Crippen molar-refractivity contribution in [1.82, 2.24) is 10.2 Å². The summed E-state index contributed by atoms with van der Waals surface area (Å²) in [6.45, 7) is 4.75. The molecular weight excluding hydrogens is 345 g/mol. The van der Waals surface area contributed by atoms with E-state index in [1.54, 1.807) is 17.0 Å². The van der Waals surface area contributed by atoms with Crippen LogP contribution >= 0.6 is 12.4 Å². The second kappa shape index (κ2) is 9.73. The summed E-state index contributed by atoms with van der Waals surface area (Å²) >= 11 is 0. The number of carbonyl (C=O) groups excluding carboxylic acids is 2. The molecule has 0 radical (unpaired) electrons. The Balaban J connectivity index is 0.00000312. The van der Waals surface area contributed by atoms with E-state index in [1.165, 1.54) is 12.1 Å². The summed E-state index contributed by atoms with van der Waals surface area (Å²) in [7, 11) is 0. The quantitative estimate of drug-likeness (QED) is 0.734. The third-order valence-electron chi connectivity index (χ3n) is 4.25. The summed E-state index contributed by atoms with van der Waals surface area (Å²) in [5, 5.41) is 2.62. The zero-order chi connectivity index (χ0) is 17.7. The van der Waals surface area contributed by atoms with Crippen molar-refractivity contribution in [2.45, 2.75) is 39.3 Å². The van der Waals surface area contributed by atoms with E-state index < -0.39 is 6.04 Å². The number of hydrogen-bond donors (Lipinski definition) is 2. The van der Waals surface area contributed by atoms with E-state index in [-0.39, 0.29) is 42.5 Å². The smallest absolute Gasteiger partial charge is 0.242 e. The average molecular weight is 372 g/mol. The Bertz CT molecular complexity index is 576. The number of nitrogens with one attached hydrogen (secondary N) is 1. The number of nitrogens with zero attached hydrogens (tertiary/aromatic N) is 1. The summed E-state index contributed by atoms with van der Waals surface area (Å²) in [5.41, 5.74) is 6.65. The highest BCUT2D eigenvalue weighted by molar-refractivity contribution is 5.87. The van der Waals surface area contributed by atoms with Crippen LogP contribution in [0, 0.1) is 17.7 Å². The van der Waals surface area contributed by atoms with E-state index in [4.69, 9.17) is 5.73 Å². The van der Waals surface area contributed by atoms with Gasteiger partial charge in [-0.05, 0) is 42.4 Å². The van der Waals surface area contributed by atoms with E-state index in [1.807, 2.05) is 13.8 Å². The lowest BCUT2D eigenvalue weighted by molar-refractivity contribution is -0.134. The fourth-order valence-electron chi connectivity index (χ4n) is 2.37. The first-order chi connectivity index (χ1) is 11.4. The highest BCUT2D eigenvalue weighted by Gasteiger charge is 2.27. The maximum absolute atomic E-state index is 13.0. The molecule has 7 heteroatoms. The number of hydrogen-bond acceptors (Lipinski definition) is 3. The Kier molecular flexibility index (Phi) is 8.32. The minimum atomic E-state index is -0.619. The molecule has 0 unspecified atom stereocenters.